The molecule has 1 heterocycles. The maximum atomic E-state index is 5.97. The molecule has 0 spiro atoms. The lowest BCUT2D eigenvalue weighted by atomic mass is 10.1. The highest BCUT2D eigenvalue weighted by Gasteiger charge is 2.19. The topological polar surface area (TPSA) is 33.7 Å². The van der Waals surface area contributed by atoms with E-state index in [-0.39, 0.29) is 6.10 Å². The lowest BCUT2D eigenvalue weighted by molar-refractivity contribution is 0.189. The number of benzene rings is 1. The summed E-state index contributed by atoms with van der Waals surface area (Å²) in [6.07, 6.45) is 0.145. The van der Waals surface area contributed by atoms with Crippen LogP contribution in [0.3, 0.4) is 0 Å². The third kappa shape index (κ3) is 3.87. The lowest BCUT2D eigenvalue weighted by Crippen LogP contribution is -2.48. The van der Waals surface area contributed by atoms with E-state index in [4.69, 9.17) is 9.47 Å². The van der Waals surface area contributed by atoms with E-state index in [1.165, 1.54) is 5.56 Å². The SMILES string of the molecule is COc1cccc(CN2CCN[C@H](C)C2)c1OC(C)C. The summed E-state index contributed by atoms with van der Waals surface area (Å²) in [4.78, 5) is 2.46. The second kappa shape index (κ2) is 6.95. The average molecular weight is 278 g/mol. The van der Waals surface area contributed by atoms with E-state index in [0.717, 1.165) is 37.7 Å². The highest BCUT2D eigenvalue weighted by molar-refractivity contribution is 5.46. The number of methoxy groups -OCH3 is 1. The molecule has 0 amide bonds. The Labute approximate surface area is 122 Å². The van der Waals surface area contributed by atoms with Crippen molar-refractivity contribution in [2.24, 2.45) is 0 Å². The zero-order valence-electron chi connectivity index (χ0n) is 13.0. The molecule has 0 bridgehead atoms. The van der Waals surface area contributed by atoms with Crippen LogP contribution in [0.15, 0.2) is 18.2 Å². The standard InChI is InChI=1S/C16H26N2O2/c1-12(2)20-16-14(6-5-7-15(16)19-4)11-18-9-8-17-13(3)10-18/h5-7,12-13,17H,8-11H2,1-4H3/t13-/m1/s1. The van der Waals surface area contributed by atoms with Gasteiger partial charge in [0.1, 0.15) is 0 Å². The van der Waals surface area contributed by atoms with E-state index < -0.39 is 0 Å². The maximum Gasteiger partial charge on any atom is 0.166 e. The van der Waals surface area contributed by atoms with Gasteiger partial charge in [-0.1, -0.05) is 12.1 Å². The third-order valence-corrected chi connectivity index (χ3v) is 3.48. The number of rotatable bonds is 5. The van der Waals surface area contributed by atoms with Crippen molar-refractivity contribution in [2.45, 2.75) is 39.5 Å². The minimum absolute atomic E-state index is 0.145. The number of nitrogens with zero attached hydrogens (tertiary/aromatic N) is 1. The second-order valence-corrected chi connectivity index (χ2v) is 5.71. The van der Waals surface area contributed by atoms with Gasteiger partial charge in [0.2, 0.25) is 0 Å². The van der Waals surface area contributed by atoms with Gasteiger partial charge in [0.25, 0.3) is 0 Å². The molecular weight excluding hydrogens is 252 g/mol. The van der Waals surface area contributed by atoms with Crippen LogP contribution in [0.4, 0.5) is 0 Å². The van der Waals surface area contributed by atoms with Gasteiger partial charge in [0.05, 0.1) is 13.2 Å². The van der Waals surface area contributed by atoms with Crippen molar-refractivity contribution < 1.29 is 9.47 Å². The Balaban J connectivity index is 2.17. The summed E-state index contributed by atoms with van der Waals surface area (Å²) in [6, 6.07) is 6.67. The first-order valence-corrected chi connectivity index (χ1v) is 7.38. The number of nitrogens with one attached hydrogen (secondary N) is 1. The zero-order valence-corrected chi connectivity index (χ0v) is 13.0. The molecule has 0 aromatic heterocycles. The Hall–Kier alpha value is -1.26. The van der Waals surface area contributed by atoms with Gasteiger partial charge >= 0.3 is 0 Å². The number of para-hydroxylation sites is 1. The summed E-state index contributed by atoms with van der Waals surface area (Å²) in [7, 11) is 1.69. The van der Waals surface area contributed by atoms with Crippen LogP contribution < -0.4 is 14.8 Å². The van der Waals surface area contributed by atoms with Gasteiger partial charge in [-0.3, -0.25) is 4.90 Å². The molecule has 1 aromatic rings. The van der Waals surface area contributed by atoms with Crippen molar-refractivity contribution in [3.05, 3.63) is 23.8 Å². The number of ether oxygens (including phenoxy) is 2. The maximum absolute atomic E-state index is 5.97. The molecule has 4 heteroatoms. The molecule has 1 saturated heterocycles. The van der Waals surface area contributed by atoms with Crippen LogP contribution in [0.5, 0.6) is 11.5 Å². The van der Waals surface area contributed by atoms with Gasteiger partial charge in [0, 0.05) is 37.8 Å². The summed E-state index contributed by atoms with van der Waals surface area (Å²) < 4.78 is 11.4. The van der Waals surface area contributed by atoms with Crippen molar-refractivity contribution in [1.82, 2.24) is 10.2 Å². The monoisotopic (exact) mass is 278 g/mol. The van der Waals surface area contributed by atoms with E-state index >= 15 is 0 Å². The fourth-order valence-corrected chi connectivity index (χ4v) is 2.61. The van der Waals surface area contributed by atoms with E-state index in [0.29, 0.717) is 6.04 Å². The molecular formula is C16H26N2O2. The average Bonchev–Trinajstić information content (AvgIpc) is 2.40. The molecule has 2 rings (SSSR count). The van der Waals surface area contributed by atoms with Gasteiger partial charge < -0.3 is 14.8 Å². The summed E-state index contributed by atoms with van der Waals surface area (Å²) in [6.45, 7) is 10.4. The first-order valence-electron chi connectivity index (χ1n) is 7.38. The smallest absolute Gasteiger partial charge is 0.166 e. The van der Waals surface area contributed by atoms with E-state index in [2.05, 4.69) is 23.2 Å². The van der Waals surface area contributed by atoms with Crippen LogP contribution in [0.2, 0.25) is 0 Å². The molecule has 1 aliphatic rings. The van der Waals surface area contributed by atoms with Crippen molar-refractivity contribution in [2.75, 3.05) is 26.7 Å². The summed E-state index contributed by atoms with van der Waals surface area (Å²) >= 11 is 0. The van der Waals surface area contributed by atoms with Crippen LogP contribution in [0.25, 0.3) is 0 Å². The molecule has 0 unspecified atom stereocenters. The normalized spacial score (nSPS) is 20.1. The zero-order chi connectivity index (χ0) is 14.5. The van der Waals surface area contributed by atoms with Crippen molar-refractivity contribution >= 4 is 0 Å². The van der Waals surface area contributed by atoms with E-state index in [1.807, 2.05) is 26.0 Å². The molecule has 112 valence electrons. The van der Waals surface area contributed by atoms with Crippen molar-refractivity contribution in [3.8, 4) is 11.5 Å². The summed E-state index contributed by atoms with van der Waals surface area (Å²) in [5.41, 5.74) is 1.20. The predicted octanol–water partition coefficient (Wildman–Crippen LogP) is 2.28. The van der Waals surface area contributed by atoms with Crippen LogP contribution >= 0.6 is 0 Å². The molecule has 0 radical (unpaired) electrons. The molecule has 1 aromatic carbocycles. The molecule has 4 nitrogen and oxygen atoms in total. The molecule has 20 heavy (non-hydrogen) atoms. The van der Waals surface area contributed by atoms with Crippen LogP contribution in [0.1, 0.15) is 26.3 Å². The molecule has 1 fully saturated rings. The highest BCUT2D eigenvalue weighted by Crippen LogP contribution is 2.32. The van der Waals surface area contributed by atoms with E-state index in [1.54, 1.807) is 7.11 Å². The van der Waals surface area contributed by atoms with Gasteiger partial charge in [0.15, 0.2) is 11.5 Å². The predicted molar refractivity (Wildman–Crippen MR) is 81.5 cm³/mol. The molecule has 0 aliphatic carbocycles. The first-order chi connectivity index (χ1) is 9.60. The quantitative estimate of drug-likeness (QED) is 0.896. The van der Waals surface area contributed by atoms with Gasteiger partial charge in [-0.15, -0.1) is 0 Å². The van der Waals surface area contributed by atoms with Crippen molar-refractivity contribution in [3.63, 3.8) is 0 Å². The van der Waals surface area contributed by atoms with Crippen LogP contribution in [-0.4, -0.2) is 43.8 Å². The Bertz CT molecular complexity index is 434. The third-order valence-electron chi connectivity index (χ3n) is 3.48. The Morgan fingerprint density at radius 3 is 2.85 bits per heavy atom. The molecule has 1 atom stereocenters. The molecule has 1 aliphatic heterocycles. The lowest BCUT2D eigenvalue weighted by Gasteiger charge is -2.32. The summed E-state index contributed by atoms with van der Waals surface area (Å²) in [5.74, 6) is 1.70. The summed E-state index contributed by atoms with van der Waals surface area (Å²) in [5, 5.41) is 3.47. The first kappa shape index (κ1) is 15.1. The Kier molecular flexibility index (Phi) is 5.26. The number of hydrogen-bond donors (Lipinski definition) is 1. The highest BCUT2D eigenvalue weighted by atomic mass is 16.5. The van der Waals surface area contributed by atoms with E-state index in [9.17, 15) is 0 Å². The number of piperazine rings is 1. The Morgan fingerprint density at radius 2 is 2.20 bits per heavy atom. The van der Waals surface area contributed by atoms with Crippen LogP contribution in [-0.2, 0) is 6.54 Å². The fourth-order valence-electron chi connectivity index (χ4n) is 2.61. The van der Waals surface area contributed by atoms with Crippen molar-refractivity contribution in [1.29, 1.82) is 0 Å². The minimum Gasteiger partial charge on any atom is -0.493 e. The van der Waals surface area contributed by atoms with Gasteiger partial charge in [-0.25, -0.2) is 0 Å². The molecule has 1 N–H and O–H groups in total. The van der Waals surface area contributed by atoms with Gasteiger partial charge in [-0.2, -0.15) is 0 Å². The second-order valence-electron chi connectivity index (χ2n) is 5.71. The largest absolute Gasteiger partial charge is 0.493 e. The van der Waals surface area contributed by atoms with Crippen LogP contribution in [0, 0.1) is 0 Å². The molecule has 0 saturated carbocycles. The fraction of sp³-hybridized carbons (Fsp3) is 0.625. The number of hydrogen-bond acceptors (Lipinski definition) is 4. The van der Waals surface area contributed by atoms with Gasteiger partial charge in [-0.05, 0) is 26.8 Å². The minimum atomic E-state index is 0.145. The Morgan fingerprint density at radius 1 is 1.40 bits per heavy atom.